The first-order valence-corrected chi connectivity index (χ1v) is 8.77. The van der Waals surface area contributed by atoms with Gasteiger partial charge < -0.3 is 9.97 Å². The number of rotatable bonds is 3. The summed E-state index contributed by atoms with van der Waals surface area (Å²) >= 11 is 0. The molecule has 4 heteroatoms. The van der Waals surface area contributed by atoms with Crippen LogP contribution in [0.15, 0.2) is 85.1 Å². The lowest BCUT2D eigenvalue weighted by molar-refractivity contribution is 0.628. The summed E-state index contributed by atoms with van der Waals surface area (Å²) in [7, 11) is 0. The maximum atomic E-state index is 13.4. The summed E-state index contributed by atoms with van der Waals surface area (Å²) in [6, 6.07) is 24.7. The van der Waals surface area contributed by atoms with Crippen LogP contribution in [0.1, 0.15) is 0 Å². The zero-order valence-electron chi connectivity index (χ0n) is 14.4. The van der Waals surface area contributed by atoms with Crippen LogP contribution in [-0.2, 0) is 0 Å². The molecule has 3 aromatic carbocycles. The van der Waals surface area contributed by atoms with Gasteiger partial charge in [-0.05, 0) is 48.5 Å². The van der Waals surface area contributed by atoms with Gasteiger partial charge in [-0.1, -0.05) is 30.3 Å². The normalized spacial score (nSPS) is 11.1. The number of benzene rings is 3. The van der Waals surface area contributed by atoms with E-state index in [4.69, 9.17) is 4.98 Å². The number of halogens is 1. The van der Waals surface area contributed by atoms with E-state index in [1.165, 1.54) is 12.1 Å². The summed E-state index contributed by atoms with van der Waals surface area (Å²) < 4.78 is 13.4. The van der Waals surface area contributed by atoms with Crippen molar-refractivity contribution in [2.45, 2.75) is 0 Å². The van der Waals surface area contributed by atoms with E-state index >= 15 is 0 Å². The Hall–Kier alpha value is -3.66. The van der Waals surface area contributed by atoms with E-state index in [0.717, 1.165) is 44.8 Å². The molecule has 0 spiro atoms. The third kappa shape index (κ3) is 2.81. The van der Waals surface area contributed by atoms with E-state index in [1.54, 1.807) is 12.1 Å². The van der Waals surface area contributed by atoms with Crippen molar-refractivity contribution in [3.8, 4) is 33.9 Å². The number of H-pyrrole nitrogens is 2. The summed E-state index contributed by atoms with van der Waals surface area (Å²) in [5, 5.41) is 1.13. The van der Waals surface area contributed by atoms with E-state index in [0.29, 0.717) is 0 Å². The second kappa shape index (κ2) is 6.25. The number of hydrogen-bond acceptors (Lipinski definition) is 1. The number of hydrogen-bond donors (Lipinski definition) is 2. The molecule has 27 heavy (non-hydrogen) atoms. The monoisotopic (exact) mass is 353 g/mol. The molecule has 0 atom stereocenters. The number of nitrogens with zero attached hydrogens (tertiary/aromatic N) is 1. The Bertz CT molecular complexity index is 1220. The van der Waals surface area contributed by atoms with Crippen molar-refractivity contribution in [2.24, 2.45) is 0 Å². The Kier molecular flexibility index (Phi) is 3.61. The van der Waals surface area contributed by atoms with E-state index < -0.39 is 0 Å². The standard InChI is InChI=1S/C23H16FN3/c24-19-9-6-16(7-10-19)22-21(15-4-2-1-3-5-15)26-23(27-22)18-8-11-20-17(14-18)12-13-25-20/h1-14,25H,(H,26,27). The Morgan fingerprint density at radius 1 is 0.741 bits per heavy atom. The first-order chi connectivity index (χ1) is 13.3. The number of nitrogens with one attached hydrogen (secondary N) is 2. The molecule has 0 bridgehead atoms. The molecule has 5 aromatic rings. The second-order valence-corrected chi connectivity index (χ2v) is 6.46. The van der Waals surface area contributed by atoms with E-state index in [-0.39, 0.29) is 5.82 Å². The van der Waals surface area contributed by atoms with Gasteiger partial charge in [0, 0.05) is 33.8 Å². The van der Waals surface area contributed by atoms with Crippen molar-refractivity contribution in [3.63, 3.8) is 0 Å². The second-order valence-electron chi connectivity index (χ2n) is 6.46. The molecule has 3 nitrogen and oxygen atoms in total. The highest BCUT2D eigenvalue weighted by Gasteiger charge is 2.15. The minimum absolute atomic E-state index is 0.256. The quantitative estimate of drug-likeness (QED) is 0.408. The highest BCUT2D eigenvalue weighted by molar-refractivity contribution is 5.86. The number of imidazole rings is 1. The van der Waals surface area contributed by atoms with Crippen molar-refractivity contribution in [2.75, 3.05) is 0 Å². The van der Waals surface area contributed by atoms with Crippen molar-refractivity contribution < 1.29 is 4.39 Å². The van der Waals surface area contributed by atoms with Crippen molar-refractivity contribution in [1.29, 1.82) is 0 Å². The highest BCUT2D eigenvalue weighted by atomic mass is 19.1. The summed E-state index contributed by atoms with van der Waals surface area (Å²) in [6.45, 7) is 0. The number of fused-ring (bicyclic) bond motifs is 1. The van der Waals surface area contributed by atoms with Gasteiger partial charge in [0.25, 0.3) is 0 Å². The molecule has 0 aliphatic carbocycles. The van der Waals surface area contributed by atoms with E-state index in [2.05, 4.69) is 16.0 Å². The van der Waals surface area contributed by atoms with Crippen molar-refractivity contribution in [1.82, 2.24) is 15.0 Å². The molecule has 2 heterocycles. The fourth-order valence-corrected chi connectivity index (χ4v) is 3.34. The minimum Gasteiger partial charge on any atom is -0.361 e. The molecule has 0 fully saturated rings. The molecule has 0 radical (unpaired) electrons. The van der Waals surface area contributed by atoms with Crippen LogP contribution >= 0.6 is 0 Å². The third-order valence-corrected chi connectivity index (χ3v) is 4.71. The largest absolute Gasteiger partial charge is 0.361 e. The molecule has 0 saturated carbocycles. The molecule has 2 N–H and O–H groups in total. The van der Waals surface area contributed by atoms with E-state index in [1.807, 2.05) is 54.7 Å². The minimum atomic E-state index is -0.256. The first kappa shape index (κ1) is 15.6. The van der Waals surface area contributed by atoms with Gasteiger partial charge in [-0.3, -0.25) is 0 Å². The fraction of sp³-hybridized carbons (Fsp3) is 0. The van der Waals surface area contributed by atoms with Gasteiger partial charge >= 0.3 is 0 Å². The van der Waals surface area contributed by atoms with Gasteiger partial charge in [-0.2, -0.15) is 0 Å². The summed E-state index contributed by atoms with van der Waals surface area (Å²) in [5.74, 6) is 0.532. The molecule has 0 saturated heterocycles. The van der Waals surface area contributed by atoms with Crippen LogP contribution in [-0.4, -0.2) is 15.0 Å². The molecule has 0 aliphatic heterocycles. The molecule has 5 rings (SSSR count). The van der Waals surface area contributed by atoms with Crippen LogP contribution in [0.4, 0.5) is 4.39 Å². The lowest BCUT2D eigenvalue weighted by Crippen LogP contribution is -1.84. The Morgan fingerprint density at radius 3 is 2.33 bits per heavy atom. The summed E-state index contributed by atoms with van der Waals surface area (Å²) in [4.78, 5) is 11.5. The molecule has 0 amide bonds. The molecule has 2 aromatic heterocycles. The summed E-state index contributed by atoms with van der Waals surface area (Å²) in [6.07, 6.45) is 1.93. The van der Waals surface area contributed by atoms with Crippen LogP contribution < -0.4 is 0 Å². The predicted octanol–water partition coefficient (Wildman–Crippen LogP) is 6.03. The van der Waals surface area contributed by atoms with E-state index in [9.17, 15) is 4.39 Å². The zero-order valence-corrected chi connectivity index (χ0v) is 14.4. The van der Waals surface area contributed by atoms with Gasteiger partial charge in [0.2, 0.25) is 0 Å². The van der Waals surface area contributed by atoms with Crippen LogP contribution in [0.25, 0.3) is 44.8 Å². The lowest BCUT2D eigenvalue weighted by Gasteiger charge is -2.03. The zero-order chi connectivity index (χ0) is 18.2. The topological polar surface area (TPSA) is 44.5 Å². The Balaban J connectivity index is 1.70. The first-order valence-electron chi connectivity index (χ1n) is 8.77. The fourth-order valence-electron chi connectivity index (χ4n) is 3.34. The molecular weight excluding hydrogens is 337 g/mol. The molecule has 130 valence electrons. The van der Waals surface area contributed by atoms with Crippen LogP contribution in [0.5, 0.6) is 0 Å². The average Bonchev–Trinajstić information content (AvgIpc) is 3.36. The Morgan fingerprint density at radius 2 is 1.52 bits per heavy atom. The van der Waals surface area contributed by atoms with Crippen LogP contribution in [0.2, 0.25) is 0 Å². The van der Waals surface area contributed by atoms with Gasteiger partial charge in [-0.25, -0.2) is 9.37 Å². The number of aromatic amines is 2. The van der Waals surface area contributed by atoms with Crippen molar-refractivity contribution >= 4 is 10.9 Å². The highest BCUT2D eigenvalue weighted by Crippen LogP contribution is 2.33. The lowest BCUT2D eigenvalue weighted by atomic mass is 10.1. The average molecular weight is 353 g/mol. The molecule has 0 unspecified atom stereocenters. The third-order valence-electron chi connectivity index (χ3n) is 4.71. The van der Waals surface area contributed by atoms with Gasteiger partial charge in [-0.15, -0.1) is 0 Å². The smallest absolute Gasteiger partial charge is 0.138 e. The van der Waals surface area contributed by atoms with Gasteiger partial charge in [0.05, 0.1) is 11.4 Å². The van der Waals surface area contributed by atoms with Gasteiger partial charge in [0.15, 0.2) is 0 Å². The number of aromatic nitrogens is 3. The van der Waals surface area contributed by atoms with Crippen LogP contribution in [0.3, 0.4) is 0 Å². The SMILES string of the molecule is Fc1ccc(-c2nc(-c3ccc4[nH]ccc4c3)[nH]c2-c2ccccc2)cc1. The summed E-state index contributed by atoms with van der Waals surface area (Å²) in [5.41, 5.74) is 5.75. The van der Waals surface area contributed by atoms with Crippen molar-refractivity contribution in [3.05, 3.63) is 90.9 Å². The maximum Gasteiger partial charge on any atom is 0.138 e. The molecule has 0 aliphatic rings. The maximum absolute atomic E-state index is 13.4. The Labute approximate surface area is 155 Å². The molecular formula is C23H16FN3. The van der Waals surface area contributed by atoms with Crippen LogP contribution in [0, 0.1) is 5.82 Å². The predicted molar refractivity (Wildman–Crippen MR) is 107 cm³/mol. The van der Waals surface area contributed by atoms with Gasteiger partial charge in [0.1, 0.15) is 11.6 Å².